The number of esters is 1. The van der Waals surface area contributed by atoms with E-state index < -0.39 is 0 Å². The van der Waals surface area contributed by atoms with Crippen LogP contribution in [0.5, 0.6) is 0 Å². The molecule has 4 heteroatoms. The molecule has 1 atom stereocenters. The molecule has 3 nitrogen and oxygen atoms in total. The Morgan fingerprint density at radius 2 is 2.33 bits per heavy atom. The van der Waals surface area contributed by atoms with E-state index in [-0.39, 0.29) is 17.8 Å². The highest BCUT2D eigenvalue weighted by molar-refractivity contribution is 5.76. The number of nitrogens with zero attached hydrogens (tertiary/aromatic N) is 1. The van der Waals surface area contributed by atoms with Gasteiger partial charge in [0.25, 0.3) is 0 Å². The maximum Gasteiger partial charge on any atom is 0.323 e. The molecule has 1 unspecified atom stereocenters. The quantitative estimate of drug-likeness (QED) is 0.766. The van der Waals surface area contributed by atoms with Crippen LogP contribution in [-0.2, 0) is 16.0 Å². The number of carbonyl (C=O) groups excluding carboxylic acids is 1. The molecule has 1 fully saturated rings. The van der Waals surface area contributed by atoms with Gasteiger partial charge in [-0.15, -0.1) is 0 Å². The fourth-order valence-electron chi connectivity index (χ4n) is 2.32. The van der Waals surface area contributed by atoms with E-state index in [4.69, 9.17) is 4.74 Å². The van der Waals surface area contributed by atoms with E-state index in [2.05, 4.69) is 4.90 Å². The number of hydrogen-bond acceptors (Lipinski definition) is 3. The van der Waals surface area contributed by atoms with E-state index in [1.165, 1.54) is 13.2 Å². The third-order valence-electron chi connectivity index (χ3n) is 3.58. The number of carbonyl (C=O) groups is 1. The van der Waals surface area contributed by atoms with Gasteiger partial charge in [-0.3, -0.25) is 9.69 Å². The number of hydrogen-bond donors (Lipinski definition) is 0. The first-order chi connectivity index (χ1) is 8.61. The molecule has 1 aliphatic heterocycles. The van der Waals surface area contributed by atoms with Gasteiger partial charge >= 0.3 is 5.97 Å². The zero-order valence-corrected chi connectivity index (χ0v) is 10.8. The highest BCUT2D eigenvalue weighted by atomic mass is 19.1. The smallest absolute Gasteiger partial charge is 0.323 e. The van der Waals surface area contributed by atoms with Crippen molar-refractivity contribution < 1.29 is 13.9 Å². The summed E-state index contributed by atoms with van der Waals surface area (Å²) in [6, 6.07) is 4.76. The Morgan fingerprint density at radius 1 is 1.56 bits per heavy atom. The lowest BCUT2D eigenvalue weighted by Crippen LogP contribution is -2.53. The van der Waals surface area contributed by atoms with Gasteiger partial charge < -0.3 is 4.74 Å². The maximum atomic E-state index is 13.0. The average molecular weight is 251 g/mol. The highest BCUT2D eigenvalue weighted by Gasteiger charge is 2.34. The number of methoxy groups -OCH3 is 1. The Balaban J connectivity index is 1.90. The summed E-state index contributed by atoms with van der Waals surface area (Å²) in [5.41, 5.74) is 2.09. The second kappa shape index (κ2) is 5.48. The molecular formula is C14H18FNO2. The molecule has 1 heterocycles. The Hall–Kier alpha value is -1.42. The maximum absolute atomic E-state index is 13.0. The molecule has 0 saturated carbocycles. The Labute approximate surface area is 107 Å². The molecule has 0 aliphatic carbocycles. The van der Waals surface area contributed by atoms with Gasteiger partial charge in [0, 0.05) is 13.1 Å². The summed E-state index contributed by atoms with van der Waals surface area (Å²) in [6.45, 7) is 3.65. The molecule has 0 bridgehead atoms. The summed E-state index contributed by atoms with van der Waals surface area (Å²) in [5.74, 6) is -0.357. The number of aryl methyl sites for hydroxylation is 1. The summed E-state index contributed by atoms with van der Waals surface area (Å²) >= 11 is 0. The van der Waals surface area contributed by atoms with Crippen LogP contribution in [0.2, 0.25) is 0 Å². The molecule has 0 amide bonds. The van der Waals surface area contributed by atoms with Crippen LogP contribution in [0.3, 0.4) is 0 Å². The Bertz CT molecular complexity index is 447. The van der Waals surface area contributed by atoms with E-state index in [1.807, 2.05) is 13.0 Å². The minimum absolute atomic E-state index is 0.0873. The Morgan fingerprint density at radius 3 is 2.89 bits per heavy atom. The number of ether oxygens (including phenoxy) is 1. The fourth-order valence-corrected chi connectivity index (χ4v) is 2.32. The molecule has 98 valence electrons. The van der Waals surface area contributed by atoms with Crippen molar-refractivity contribution in [3.8, 4) is 0 Å². The summed E-state index contributed by atoms with van der Waals surface area (Å²) in [6.07, 6.45) is 1.70. The average Bonchev–Trinajstić information content (AvgIpc) is 2.30. The van der Waals surface area contributed by atoms with Gasteiger partial charge in [-0.2, -0.15) is 0 Å². The third kappa shape index (κ3) is 2.70. The molecule has 0 aromatic heterocycles. The first-order valence-electron chi connectivity index (χ1n) is 6.18. The molecule has 1 aliphatic rings. The largest absolute Gasteiger partial charge is 0.468 e. The van der Waals surface area contributed by atoms with Gasteiger partial charge in [0.15, 0.2) is 0 Å². The standard InChI is InChI=1S/C14H18FNO2/c1-10-9-12(15)4-3-11(10)5-7-16-8-6-13(16)14(17)18-2/h3-4,9,13H,5-8H2,1-2H3. The molecule has 2 rings (SSSR count). The van der Waals surface area contributed by atoms with Crippen LogP contribution in [0, 0.1) is 12.7 Å². The van der Waals surface area contributed by atoms with Crippen LogP contribution < -0.4 is 0 Å². The van der Waals surface area contributed by atoms with Crippen molar-refractivity contribution in [2.24, 2.45) is 0 Å². The van der Waals surface area contributed by atoms with Gasteiger partial charge in [-0.25, -0.2) is 4.39 Å². The lowest BCUT2D eigenvalue weighted by molar-refractivity contribution is -0.151. The molecule has 0 spiro atoms. The van der Waals surface area contributed by atoms with Crippen molar-refractivity contribution in [2.75, 3.05) is 20.2 Å². The second-order valence-corrected chi connectivity index (χ2v) is 4.68. The molecule has 1 aromatic carbocycles. The van der Waals surface area contributed by atoms with Gasteiger partial charge in [0.05, 0.1) is 7.11 Å². The van der Waals surface area contributed by atoms with Crippen LogP contribution in [0.4, 0.5) is 4.39 Å². The van der Waals surface area contributed by atoms with Crippen molar-refractivity contribution in [1.82, 2.24) is 4.90 Å². The third-order valence-corrected chi connectivity index (χ3v) is 3.58. The minimum Gasteiger partial charge on any atom is -0.468 e. The van der Waals surface area contributed by atoms with Gasteiger partial charge in [0.1, 0.15) is 11.9 Å². The molecule has 1 saturated heterocycles. The number of likely N-dealkylation sites (tertiary alicyclic amines) is 1. The summed E-state index contributed by atoms with van der Waals surface area (Å²) < 4.78 is 17.7. The molecular weight excluding hydrogens is 233 g/mol. The van der Waals surface area contributed by atoms with Crippen molar-refractivity contribution >= 4 is 5.97 Å². The van der Waals surface area contributed by atoms with E-state index in [9.17, 15) is 9.18 Å². The molecule has 0 N–H and O–H groups in total. The first-order valence-corrected chi connectivity index (χ1v) is 6.18. The second-order valence-electron chi connectivity index (χ2n) is 4.68. The molecule has 0 radical (unpaired) electrons. The van der Waals surface area contributed by atoms with Crippen LogP contribution in [0.15, 0.2) is 18.2 Å². The summed E-state index contributed by atoms with van der Waals surface area (Å²) in [5, 5.41) is 0. The minimum atomic E-state index is -0.201. The SMILES string of the molecule is COC(=O)C1CCN1CCc1ccc(F)cc1C. The lowest BCUT2D eigenvalue weighted by atomic mass is 10.0. The van der Waals surface area contributed by atoms with Crippen molar-refractivity contribution in [3.05, 3.63) is 35.1 Å². The lowest BCUT2D eigenvalue weighted by Gasteiger charge is -2.38. The number of rotatable bonds is 4. The molecule has 1 aromatic rings. The number of benzene rings is 1. The fraction of sp³-hybridized carbons (Fsp3) is 0.500. The zero-order chi connectivity index (χ0) is 13.1. The summed E-state index contributed by atoms with van der Waals surface area (Å²) in [7, 11) is 1.42. The zero-order valence-electron chi connectivity index (χ0n) is 10.8. The van der Waals surface area contributed by atoms with E-state index in [0.29, 0.717) is 0 Å². The van der Waals surface area contributed by atoms with Crippen molar-refractivity contribution in [3.63, 3.8) is 0 Å². The van der Waals surface area contributed by atoms with E-state index in [1.54, 1.807) is 6.07 Å². The van der Waals surface area contributed by atoms with Crippen LogP contribution in [0.25, 0.3) is 0 Å². The monoisotopic (exact) mass is 251 g/mol. The Kier molecular flexibility index (Phi) is 3.97. The topological polar surface area (TPSA) is 29.5 Å². The van der Waals surface area contributed by atoms with Crippen LogP contribution >= 0.6 is 0 Å². The van der Waals surface area contributed by atoms with Gasteiger partial charge in [-0.1, -0.05) is 6.07 Å². The predicted octanol–water partition coefficient (Wildman–Crippen LogP) is 1.92. The highest BCUT2D eigenvalue weighted by Crippen LogP contribution is 2.20. The van der Waals surface area contributed by atoms with E-state index in [0.717, 1.165) is 37.1 Å². The normalized spacial score (nSPS) is 19.4. The van der Waals surface area contributed by atoms with Crippen molar-refractivity contribution in [2.45, 2.75) is 25.8 Å². The number of halogens is 1. The van der Waals surface area contributed by atoms with Crippen LogP contribution in [-0.4, -0.2) is 37.1 Å². The van der Waals surface area contributed by atoms with E-state index >= 15 is 0 Å². The molecule has 18 heavy (non-hydrogen) atoms. The van der Waals surface area contributed by atoms with Gasteiger partial charge in [0.2, 0.25) is 0 Å². The van der Waals surface area contributed by atoms with Crippen LogP contribution in [0.1, 0.15) is 17.5 Å². The first kappa shape index (κ1) is 13.0. The van der Waals surface area contributed by atoms with Gasteiger partial charge in [-0.05, 0) is 43.0 Å². The summed E-state index contributed by atoms with van der Waals surface area (Å²) in [4.78, 5) is 13.5. The van der Waals surface area contributed by atoms with Crippen molar-refractivity contribution in [1.29, 1.82) is 0 Å². The predicted molar refractivity (Wildman–Crippen MR) is 66.8 cm³/mol.